The van der Waals surface area contributed by atoms with E-state index in [1.54, 1.807) is 14.2 Å². The Hall–Kier alpha value is -2.82. The molecule has 0 N–H and O–H groups in total. The number of carbonyl (C=O) groups is 1. The van der Waals surface area contributed by atoms with E-state index in [1.807, 2.05) is 48.5 Å². The van der Waals surface area contributed by atoms with Crippen molar-refractivity contribution in [3.05, 3.63) is 59.7 Å². The SMILES string of the molecule is COc1ccc(C2CC23N=C(c2ccccc2)OC3=O)cc1OC. The number of hydrogen-bond acceptors (Lipinski definition) is 5. The Morgan fingerprint density at radius 3 is 2.54 bits per heavy atom. The van der Waals surface area contributed by atoms with Crippen LogP contribution in [-0.2, 0) is 9.53 Å². The number of methoxy groups -OCH3 is 2. The minimum Gasteiger partial charge on any atom is -0.493 e. The molecule has 0 aromatic heterocycles. The van der Waals surface area contributed by atoms with Gasteiger partial charge in [-0.15, -0.1) is 0 Å². The fourth-order valence-corrected chi connectivity index (χ4v) is 3.19. The van der Waals surface area contributed by atoms with Crippen LogP contribution in [0.25, 0.3) is 0 Å². The van der Waals surface area contributed by atoms with Crippen LogP contribution in [0.2, 0.25) is 0 Å². The van der Waals surface area contributed by atoms with E-state index < -0.39 is 5.54 Å². The molecule has 5 nitrogen and oxygen atoms in total. The first kappa shape index (κ1) is 14.8. The van der Waals surface area contributed by atoms with Gasteiger partial charge in [0.1, 0.15) is 0 Å². The number of nitrogens with zero attached hydrogens (tertiary/aromatic N) is 1. The third-order valence-electron chi connectivity index (χ3n) is 4.61. The first-order valence-electron chi connectivity index (χ1n) is 7.77. The van der Waals surface area contributed by atoms with E-state index >= 15 is 0 Å². The Balaban J connectivity index is 1.65. The number of cyclic esters (lactones) is 1. The lowest BCUT2D eigenvalue weighted by Gasteiger charge is -2.10. The van der Waals surface area contributed by atoms with Gasteiger partial charge in [-0.05, 0) is 36.2 Å². The van der Waals surface area contributed by atoms with E-state index in [0.717, 1.165) is 11.1 Å². The van der Waals surface area contributed by atoms with Crippen LogP contribution < -0.4 is 9.47 Å². The molecule has 1 heterocycles. The number of aliphatic imine (C=N–C) groups is 1. The van der Waals surface area contributed by atoms with Crippen molar-refractivity contribution in [3.8, 4) is 11.5 Å². The van der Waals surface area contributed by atoms with E-state index in [-0.39, 0.29) is 11.9 Å². The average molecular weight is 323 g/mol. The average Bonchev–Trinajstić information content (AvgIpc) is 3.27. The maximum atomic E-state index is 12.4. The third-order valence-corrected chi connectivity index (χ3v) is 4.61. The van der Waals surface area contributed by atoms with Crippen molar-refractivity contribution in [1.82, 2.24) is 0 Å². The molecular weight excluding hydrogens is 306 g/mol. The number of carbonyl (C=O) groups excluding carboxylic acids is 1. The van der Waals surface area contributed by atoms with E-state index in [1.165, 1.54) is 0 Å². The molecule has 0 amide bonds. The fourth-order valence-electron chi connectivity index (χ4n) is 3.19. The summed E-state index contributed by atoms with van der Waals surface area (Å²) in [6, 6.07) is 15.2. The van der Waals surface area contributed by atoms with Crippen LogP contribution in [0, 0.1) is 0 Å². The molecule has 0 radical (unpaired) electrons. The summed E-state index contributed by atoms with van der Waals surface area (Å²) in [4.78, 5) is 17.0. The Labute approximate surface area is 139 Å². The highest BCUT2D eigenvalue weighted by Gasteiger charge is 2.65. The van der Waals surface area contributed by atoms with Crippen LogP contribution in [0.1, 0.15) is 23.5 Å². The van der Waals surface area contributed by atoms with E-state index in [4.69, 9.17) is 14.2 Å². The normalized spacial score (nSPS) is 24.5. The predicted molar refractivity (Wildman–Crippen MR) is 88.7 cm³/mol. The second-order valence-corrected chi connectivity index (χ2v) is 5.97. The summed E-state index contributed by atoms with van der Waals surface area (Å²) in [6.45, 7) is 0. The number of hydrogen-bond donors (Lipinski definition) is 0. The molecule has 24 heavy (non-hydrogen) atoms. The molecule has 2 aromatic rings. The quantitative estimate of drug-likeness (QED) is 0.812. The van der Waals surface area contributed by atoms with Gasteiger partial charge in [-0.1, -0.05) is 24.3 Å². The Morgan fingerprint density at radius 1 is 1.08 bits per heavy atom. The summed E-state index contributed by atoms with van der Waals surface area (Å²) in [7, 11) is 3.20. The van der Waals surface area contributed by atoms with Gasteiger partial charge in [0.05, 0.1) is 14.2 Å². The monoisotopic (exact) mass is 323 g/mol. The highest BCUT2D eigenvalue weighted by molar-refractivity contribution is 6.10. The molecule has 0 saturated heterocycles. The highest BCUT2D eigenvalue weighted by Crippen LogP contribution is 2.58. The van der Waals surface area contributed by atoms with E-state index in [9.17, 15) is 4.79 Å². The smallest absolute Gasteiger partial charge is 0.341 e. The number of rotatable bonds is 4. The molecule has 1 saturated carbocycles. The zero-order valence-electron chi connectivity index (χ0n) is 13.5. The van der Waals surface area contributed by atoms with Crippen LogP contribution in [0.5, 0.6) is 11.5 Å². The molecule has 2 aliphatic rings. The molecule has 5 heteroatoms. The second kappa shape index (κ2) is 5.37. The van der Waals surface area contributed by atoms with Crippen LogP contribution in [0.3, 0.4) is 0 Å². The van der Waals surface area contributed by atoms with E-state index in [0.29, 0.717) is 23.8 Å². The first-order valence-corrected chi connectivity index (χ1v) is 7.77. The zero-order valence-corrected chi connectivity index (χ0v) is 13.5. The maximum absolute atomic E-state index is 12.4. The number of benzene rings is 2. The van der Waals surface area contributed by atoms with Gasteiger partial charge in [-0.25, -0.2) is 9.79 Å². The summed E-state index contributed by atoms with van der Waals surface area (Å²) in [5.74, 6) is 1.45. The summed E-state index contributed by atoms with van der Waals surface area (Å²) in [6.07, 6.45) is 0.650. The number of esters is 1. The Morgan fingerprint density at radius 2 is 1.83 bits per heavy atom. The van der Waals surface area contributed by atoms with Crippen LogP contribution >= 0.6 is 0 Å². The summed E-state index contributed by atoms with van der Waals surface area (Å²) < 4.78 is 16.0. The Kier molecular flexibility index (Phi) is 3.30. The number of ether oxygens (including phenoxy) is 3. The van der Waals surface area contributed by atoms with Gasteiger partial charge >= 0.3 is 5.97 Å². The van der Waals surface area contributed by atoms with Crippen LogP contribution in [0.4, 0.5) is 0 Å². The molecule has 1 spiro atoms. The van der Waals surface area contributed by atoms with E-state index in [2.05, 4.69) is 4.99 Å². The molecule has 4 rings (SSSR count). The molecule has 0 bridgehead atoms. The summed E-state index contributed by atoms with van der Waals surface area (Å²) in [5.41, 5.74) is 1.04. The topological polar surface area (TPSA) is 57.1 Å². The molecule has 2 unspecified atom stereocenters. The van der Waals surface area contributed by atoms with Crippen molar-refractivity contribution in [1.29, 1.82) is 0 Å². The van der Waals surface area contributed by atoms with Gasteiger partial charge in [-0.3, -0.25) is 0 Å². The van der Waals surface area contributed by atoms with Gasteiger partial charge in [0.15, 0.2) is 17.0 Å². The van der Waals surface area contributed by atoms with Gasteiger partial charge in [-0.2, -0.15) is 0 Å². The van der Waals surface area contributed by atoms with Crippen molar-refractivity contribution in [2.75, 3.05) is 14.2 Å². The minimum absolute atomic E-state index is 0.00557. The maximum Gasteiger partial charge on any atom is 0.341 e. The summed E-state index contributed by atoms with van der Waals surface area (Å²) in [5, 5.41) is 0. The zero-order chi connectivity index (χ0) is 16.7. The molecule has 1 aliphatic carbocycles. The van der Waals surface area contributed by atoms with Crippen molar-refractivity contribution < 1.29 is 19.0 Å². The van der Waals surface area contributed by atoms with Gasteiger partial charge in [0.2, 0.25) is 5.90 Å². The highest BCUT2D eigenvalue weighted by atomic mass is 16.6. The molecule has 122 valence electrons. The largest absolute Gasteiger partial charge is 0.493 e. The first-order chi connectivity index (χ1) is 11.7. The van der Waals surface area contributed by atoms with Crippen LogP contribution in [0.15, 0.2) is 53.5 Å². The standard InChI is InChI=1S/C19H17NO4/c1-22-15-9-8-13(10-16(15)23-2)14-11-19(14)18(21)24-17(20-19)12-6-4-3-5-7-12/h3-10,14H,11H2,1-2H3. The van der Waals surface area contributed by atoms with Crippen molar-refractivity contribution in [2.24, 2.45) is 4.99 Å². The third kappa shape index (κ3) is 2.16. The Bertz CT molecular complexity index is 831. The predicted octanol–water partition coefficient (Wildman–Crippen LogP) is 2.93. The lowest BCUT2D eigenvalue weighted by molar-refractivity contribution is -0.136. The lowest BCUT2D eigenvalue weighted by atomic mass is 10.1. The van der Waals surface area contributed by atoms with Crippen molar-refractivity contribution in [2.45, 2.75) is 17.9 Å². The molecular formula is C19H17NO4. The molecule has 2 atom stereocenters. The van der Waals surface area contributed by atoms with Gasteiger partial charge < -0.3 is 14.2 Å². The molecule has 1 aliphatic heterocycles. The second-order valence-electron chi connectivity index (χ2n) is 5.97. The lowest BCUT2D eigenvalue weighted by Crippen LogP contribution is -2.18. The minimum atomic E-state index is -0.787. The van der Waals surface area contributed by atoms with Gasteiger partial charge in [0.25, 0.3) is 0 Å². The molecule has 2 aromatic carbocycles. The van der Waals surface area contributed by atoms with Crippen molar-refractivity contribution in [3.63, 3.8) is 0 Å². The molecule has 1 fully saturated rings. The summed E-state index contributed by atoms with van der Waals surface area (Å²) >= 11 is 0. The van der Waals surface area contributed by atoms with Crippen LogP contribution in [-0.4, -0.2) is 31.6 Å². The van der Waals surface area contributed by atoms with Crippen molar-refractivity contribution >= 4 is 11.9 Å². The fraction of sp³-hybridized carbons (Fsp3) is 0.263. The van der Waals surface area contributed by atoms with Gasteiger partial charge in [0, 0.05) is 11.5 Å².